The second-order valence-electron chi connectivity index (χ2n) is 5.77. The van der Waals surface area contributed by atoms with E-state index in [4.69, 9.17) is 0 Å². The lowest BCUT2D eigenvalue weighted by Crippen LogP contribution is -2.36. The molecule has 1 aliphatic rings. The molecule has 21 heavy (non-hydrogen) atoms. The zero-order valence-electron chi connectivity index (χ0n) is 12.8. The van der Waals surface area contributed by atoms with Crippen LogP contribution in [0.1, 0.15) is 43.5 Å². The Hall–Kier alpha value is -1.29. The minimum atomic E-state index is 0.0178. The number of nitrogens with zero attached hydrogens (tertiary/aromatic N) is 1. The summed E-state index contributed by atoms with van der Waals surface area (Å²) in [5, 5.41) is 0. The Labute approximate surface area is 131 Å². The first kappa shape index (κ1) is 16.1. The summed E-state index contributed by atoms with van der Waals surface area (Å²) in [6.45, 7) is 5.62. The maximum Gasteiger partial charge on any atom is 0.232 e. The third-order valence-corrected chi connectivity index (χ3v) is 4.73. The van der Waals surface area contributed by atoms with Crippen LogP contribution in [0.25, 0.3) is 0 Å². The molecule has 0 aliphatic carbocycles. The molecule has 1 heterocycles. The predicted molar refractivity (Wildman–Crippen MR) is 86.8 cm³/mol. The van der Waals surface area contributed by atoms with Crippen molar-refractivity contribution < 1.29 is 9.59 Å². The van der Waals surface area contributed by atoms with Gasteiger partial charge >= 0.3 is 0 Å². The zero-order valence-corrected chi connectivity index (χ0v) is 13.6. The fourth-order valence-electron chi connectivity index (χ4n) is 2.43. The quantitative estimate of drug-likeness (QED) is 0.616. The molecule has 1 aromatic rings. The van der Waals surface area contributed by atoms with Gasteiger partial charge in [-0.1, -0.05) is 26.0 Å². The van der Waals surface area contributed by atoms with Gasteiger partial charge in [0, 0.05) is 29.5 Å². The number of carbonyl (C=O) groups excluding carboxylic acids is 2. The Morgan fingerprint density at radius 3 is 2.29 bits per heavy atom. The van der Waals surface area contributed by atoms with Crippen LogP contribution in [-0.2, 0) is 4.79 Å². The molecule has 0 saturated carbocycles. The van der Waals surface area contributed by atoms with E-state index in [1.807, 2.05) is 43.0 Å². The van der Waals surface area contributed by atoms with E-state index in [9.17, 15) is 9.59 Å². The summed E-state index contributed by atoms with van der Waals surface area (Å²) in [5.41, 5.74) is 0.747. The average Bonchev–Trinajstić information content (AvgIpc) is 2.53. The van der Waals surface area contributed by atoms with Crippen molar-refractivity contribution in [1.29, 1.82) is 0 Å². The van der Waals surface area contributed by atoms with Crippen LogP contribution in [0.4, 0.5) is 0 Å². The van der Waals surface area contributed by atoms with Crippen molar-refractivity contribution in [3.8, 4) is 0 Å². The molecule has 4 heteroatoms. The van der Waals surface area contributed by atoms with Crippen molar-refractivity contribution in [3.63, 3.8) is 0 Å². The highest BCUT2D eigenvalue weighted by molar-refractivity contribution is 8.00. The van der Waals surface area contributed by atoms with E-state index in [1.54, 1.807) is 11.8 Å². The minimum absolute atomic E-state index is 0.0178. The Morgan fingerprint density at radius 2 is 1.71 bits per heavy atom. The number of ketones is 1. The van der Waals surface area contributed by atoms with E-state index in [-0.39, 0.29) is 17.6 Å². The molecule has 0 spiro atoms. The molecule has 0 radical (unpaired) electrons. The van der Waals surface area contributed by atoms with Crippen LogP contribution in [0.2, 0.25) is 0 Å². The van der Waals surface area contributed by atoms with Crippen LogP contribution in [0.5, 0.6) is 0 Å². The number of carbonyl (C=O) groups is 2. The van der Waals surface area contributed by atoms with Gasteiger partial charge in [0.1, 0.15) is 0 Å². The van der Waals surface area contributed by atoms with Crippen LogP contribution >= 0.6 is 11.8 Å². The largest absolute Gasteiger partial charge is 0.342 e. The molecule has 1 saturated heterocycles. The van der Waals surface area contributed by atoms with Crippen LogP contribution in [0.3, 0.4) is 0 Å². The maximum absolute atomic E-state index is 12.1. The van der Waals surface area contributed by atoms with Gasteiger partial charge < -0.3 is 4.90 Å². The molecule has 0 N–H and O–H groups in total. The van der Waals surface area contributed by atoms with E-state index in [2.05, 4.69) is 0 Å². The Kier molecular flexibility index (Phi) is 5.85. The Morgan fingerprint density at radius 1 is 1.10 bits per heavy atom. The highest BCUT2D eigenvalue weighted by Gasteiger charge is 2.16. The Balaban J connectivity index is 1.86. The molecule has 114 valence electrons. The molecule has 0 aromatic heterocycles. The third-order valence-electron chi connectivity index (χ3n) is 3.73. The molecule has 3 nitrogen and oxygen atoms in total. The van der Waals surface area contributed by atoms with E-state index < -0.39 is 0 Å². The number of Topliss-reactive ketones (excluding diaryl/α,β-unsaturated/α-hetero) is 1. The van der Waals surface area contributed by atoms with Crippen molar-refractivity contribution in [3.05, 3.63) is 29.8 Å². The van der Waals surface area contributed by atoms with Crippen LogP contribution in [-0.4, -0.2) is 35.4 Å². The first-order valence-electron chi connectivity index (χ1n) is 7.63. The van der Waals surface area contributed by atoms with Gasteiger partial charge in [-0.25, -0.2) is 0 Å². The van der Waals surface area contributed by atoms with Gasteiger partial charge in [-0.15, -0.1) is 11.8 Å². The van der Waals surface area contributed by atoms with Crippen molar-refractivity contribution in [2.45, 2.75) is 38.0 Å². The molecule has 1 aromatic carbocycles. The highest BCUT2D eigenvalue weighted by atomic mass is 32.2. The molecule has 1 fully saturated rings. The molecule has 2 rings (SSSR count). The molecule has 0 unspecified atom stereocenters. The van der Waals surface area contributed by atoms with Gasteiger partial charge in [-0.05, 0) is 31.4 Å². The van der Waals surface area contributed by atoms with Gasteiger partial charge in [0.15, 0.2) is 5.78 Å². The van der Waals surface area contributed by atoms with Crippen LogP contribution < -0.4 is 0 Å². The lowest BCUT2D eigenvalue weighted by atomic mass is 10.0. The molecular weight excluding hydrogens is 282 g/mol. The molecule has 0 atom stereocenters. The summed E-state index contributed by atoms with van der Waals surface area (Å²) in [7, 11) is 0. The summed E-state index contributed by atoms with van der Waals surface area (Å²) in [6, 6.07) is 7.58. The van der Waals surface area contributed by atoms with Gasteiger partial charge in [-0.2, -0.15) is 0 Å². The second-order valence-corrected chi connectivity index (χ2v) is 6.82. The van der Waals surface area contributed by atoms with Gasteiger partial charge in [0.25, 0.3) is 0 Å². The topological polar surface area (TPSA) is 37.4 Å². The van der Waals surface area contributed by atoms with Crippen LogP contribution in [0, 0.1) is 5.92 Å². The zero-order chi connectivity index (χ0) is 15.2. The Bertz CT molecular complexity index is 490. The van der Waals surface area contributed by atoms with E-state index in [1.165, 1.54) is 6.42 Å². The van der Waals surface area contributed by atoms with Crippen molar-refractivity contribution in [2.75, 3.05) is 18.8 Å². The fraction of sp³-hybridized carbons (Fsp3) is 0.529. The summed E-state index contributed by atoms with van der Waals surface area (Å²) >= 11 is 1.55. The number of piperidine rings is 1. The fourth-order valence-corrected chi connectivity index (χ4v) is 3.23. The van der Waals surface area contributed by atoms with Crippen molar-refractivity contribution in [2.24, 2.45) is 5.92 Å². The monoisotopic (exact) mass is 305 g/mol. The summed E-state index contributed by atoms with van der Waals surface area (Å²) in [6.07, 6.45) is 3.49. The molecular formula is C17H23NO2S. The van der Waals surface area contributed by atoms with Gasteiger partial charge in [-0.3, -0.25) is 9.59 Å². The number of benzene rings is 1. The summed E-state index contributed by atoms with van der Waals surface area (Å²) in [5.74, 6) is 0.888. The van der Waals surface area contributed by atoms with Gasteiger partial charge in [0.2, 0.25) is 5.91 Å². The number of likely N-dealkylation sites (tertiary alicyclic amines) is 1. The lowest BCUT2D eigenvalue weighted by molar-refractivity contribution is -0.129. The first-order valence-corrected chi connectivity index (χ1v) is 8.61. The number of thioether (sulfide) groups is 1. The van der Waals surface area contributed by atoms with Crippen LogP contribution in [0.15, 0.2) is 29.2 Å². The number of hydrogen-bond acceptors (Lipinski definition) is 3. The molecule has 1 amide bonds. The average molecular weight is 305 g/mol. The van der Waals surface area contributed by atoms with Crippen molar-refractivity contribution in [1.82, 2.24) is 4.90 Å². The SMILES string of the molecule is CC(C)C(=O)c1ccc(SCC(=O)N2CCCCC2)cc1. The second kappa shape index (κ2) is 7.64. The number of hydrogen-bond donors (Lipinski definition) is 0. The predicted octanol–water partition coefficient (Wildman–Crippen LogP) is 3.63. The van der Waals surface area contributed by atoms with Crippen molar-refractivity contribution >= 4 is 23.5 Å². The van der Waals surface area contributed by atoms with E-state index in [0.29, 0.717) is 5.75 Å². The molecule has 0 bridgehead atoms. The standard InChI is InChI=1S/C17H23NO2S/c1-13(2)17(20)14-6-8-15(9-7-14)21-12-16(19)18-10-4-3-5-11-18/h6-9,13H,3-5,10-12H2,1-2H3. The first-order chi connectivity index (χ1) is 10.1. The summed E-state index contributed by atoms with van der Waals surface area (Å²) in [4.78, 5) is 27.0. The normalized spacial score (nSPS) is 15.3. The molecule has 1 aliphatic heterocycles. The highest BCUT2D eigenvalue weighted by Crippen LogP contribution is 2.21. The summed E-state index contributed by atoms with van der Waals surface area (Å²) < 4.78 is 0. The maximum atomic E-state index is 12.1. The van der Waals surface area contributed by atoms with Gasteiger partial charge in [0.05, 0.1) is 5.75 Å². The lowest BCUT2D eigenvalue weighted by Gasteiger charge is -2.26. The van der Waals surface area contributed by atoms with E-state index >= 15 is 0 Å². The smallest absolute Gasteiger partial charge is 0.232 e. The number of rotatable bonds is 5. The third kappa shape index (κ3) is 4.60. The van der Waals surface area contributed by atoms with E-state index in [0.717, 1.165) is 36.4 Å². The minimum Gasteiger partial charge on any atom is -0.342 e. The number of amides is 1.